The molecular weight excluding hydrogens is 700 g/mol. The molecule has 0 spiro atoms. The first-order valence-corrected chi connectivity index (χ1v) is 19.2. The van der Waals surface area contributed by atoms with Gasteiger partial charge in [0.1, 0.15) is 17.0 Å². The first-order valence-electron chi connectivity index (χ1n) is 19.2. The maximum absolute atomic E-state index is 13.9. The quantitative estimate of drug-likeness (QED) is 0.171. The van der Waals surface area contributed by atoms with E-state index in [2.05, 4.69) is 152 Å². The fraction of sp³-hybridized carbons (Fsp3) is 0.0189. The van der Waals surface area contributed by atoms with Crippen LogP contribution >= 0.6 is 0 Å². The van der Waals surface area contributed by atoms with Gasteiger partial charge in [0.15, 0.2) is 5.82 Å². The highest BCUT2D eigenvalue weighted by Crippen LogP contribution is 2.56. The smallest absolute Gasteiger partial charge is 0.160 e. The highest BCUT2D eigenvalue weighted by molar-refractivity contribution is 6.06. The number of furan rings is 1. The summed E-state index contributed by atoms with van der Waals surface area (Å²) in [6.07, 6.45) is 0. The van der Waals surface area contributed by atoms with Gasteiger partial charge >= 0.3 is 0 Å². The van der Waals surface area contributed by atoms with Crippen molar-refractivity contribution in [3.63, 3.8) is 0 Å². The van der Waals surface area contributed by atoms with Crippen LogP contribution in [0.5, 0.6) is 0 Å². The van der Waals surface area contributed by atoms with Gasteiger partial charge in [-0.05, 0) is 80.9 Å². The fourth-order valence-corrected chi connectivity index (χ4v) is 8.83. The van der Waals surface area contributed by atoms with Gasteiger partial charge in [-0.2, -0.15) is 0 Å². The molecule has 0 saturated heterocycles. The average Bonchev–Trinajstić information content (AvgIpc) is 3.79. The summed E-state index contributed by atoms with van der Waals surface area (Å²) in [4.78, 5) is 10.4. The van der Waals surface area contributed by atoms with Gasteiger partial charge in [0.05, 0.1) is 16.8 Å². The normalized spacial score (nSPS) is 12.8. The van der Waals surface area contributed by atoms with Gasteiger partial charge < -0.3 is 4.42 Å². The molecule has 0 fully saturated rings. The van der Waals surface area contributed by atoms with Crippen molar-refractivity contribution in [2.45, 2.75) is 5.41 Å². The molecule has 2 aromatic heterocycles. The van der Waals surface area contributed by atoms with Gasteiger partial charge in [0.2, 0.25) is 0 Å². The van der Waals surface area contributed by atoms with Gasteiger partial charge in [-0.25, -0.2) is 14.4 Å². The molecule has 268 valence electrons. The number of benzene rings is 8. The predicted molar refractivity (Wildman–Crippen MR) is 228 cm³/mol. The monoisotopic (exact) mass is 732 g/mol. The van der Waals surface area contributed by atoms with E-state index in [1.165, 1.54) is 45.5 Å². The van der Waals surface area contributed by atoms with Crippen LogP contribution in [0.4, 0.5) is 4.39 Å². The first-order chi connectivity index (χ1) is 28.1. The van der Waals surface area contributed by atoms with Crippen molar-refractivity contribution in [3.05, 3.63) is 228 Å². The van der Waals surface area contributed by atoms with Crippen molar-refractivity contribution in [3.8, 4) is 56.2 Å². The third-order valence-corrected chi connectivity index (χ3v) is 11.5. The number of aromatic nitrogens is 2. The minimum absolute atomic E-state index is 0.310. The molecule has 0 atom stereocenters. The number of hydrogen-bond acceptors (Lipinski definition) is 3. The van der Waals surface area contributed by atoms with E-state index in [0.717, 1.165) is 55.6 Å². The summed E-state index contributed by atoms with van der Waals surface area (Å²) in [5.41, 5.74) is 15.0. The summed E-state index contributed by atoms with van der Waals surface area (Å²) >= 11 is 0. The Morgan fingerprint density at radius 1 is 0.386 bits per heavy atom. The summed E-state index contributed by atoms with van der Waals surface area (Å²) in [5, 5.41) is 1.85. The van der Waals surface area contributed by atoms with Crippen LogP contribution in [0.2, 0.25) is 0 Å². The van der Waals surface area contributed by atoms with Crippen LogP contribution in [0, 0.1) is 5.82 Å². The standard InChI is InChI=1S/C53H33FN2O/c54-41-26-28-44-45-30-37(25-29-50(45)57-51(44)32-41)34-20-22-35(23-21-34)48-33-49(56-52(55-48)36-12-4-1-5-13-36)38-24-27-43-42-18-10-11-19-46(42)53(47(43)31-38,39-14-6-2-7-15-39)40-16-8-3-9-17-40/h1-33H. The van der Waals surface area contributed by atoms with Crippen molar-refractivity contribution in [1.29, 1.82) is 0 Å². The molecule has 0 radical (unpaired) electrons. The third kappa shape index (κ3) is 5.33. The van der Waals surface area contributed by atoms with Gasteiger partial charge in [0.25, 0.3) is 0 Å². The number of fused-ring (bicyclic) bond motifs is 6. The number of halogens is 1. The zero-order valence-corrected chi connectivity index (χ0v) is 30.7. The van der Waals surface area contributed by atoms with Crippen LogP contribution in [-0.2, 0) is 5.41 Å². The molecule has 1 aliphatic rings. The van der Waals surface area contributed by atoms with Crippen molar-refractivity contribution in [2.75, 3.05) is 0 Å². The second kappa shape index (κ2) is 13.1. The molecule has 0 saturated carbocycles. The molecule has 4 heteroatoms. The maximum Gasteiger partial charge on any atom is 0.160 e. The molecule has 2 heterocycles. The second-order valence-corrected chi connectivity index (χ2v) is 14.6. The molecule has 8 aromatic carbocycles. The van der Waals surface area contributed by atoms with Crippen molar-refractivity contribution in [2.24, 2.45) is 0 Å². The molecule has 57 heavy (non-hydrogen) atoms. The first kappa shape index (κ1) is 33.0. The van der Waals surface area contributed by atoms with E-state index < -0.39 is 5.41 Å². The Bertz CT molecular complexity index is 3080. The van der Waals surface area contributed by atoms with Crippen molar-refractivity contribution < 1.29 is 8.81 Å². The van der Waals surface area contributed by atoms with E-state index >= 15 is 0 Å². The van der Waals surface area contributed by atoms with Crippen LogP contribution in [-0.4, -0.2) is 9.97 Å². The van der Waals surface area contributed by atoms with Crippen LogP contribution in [0.15, 0.2) is 205 Å². The van der Waals surface area contributed by atoms with E-state index in [1.54, 1.807) is 6.07 Å². The topological polar surface area (TPSA) is 38.9 Å². The Kier molecular flexibility index (Phi) is 7.58. The second-order valence-electron chi connectivity index (χ2n) is 14.6. The van der Waals surface area contributed by atoms with Gasteiger partial charge in [0, 0.05) is 33.5 Å². The van der Waals surface area contributed by atoms with E-state index in [9.17, 15) is 4.39 Å². The fourth-order valence-electron chi connectivity index (χ4n) is 8.83. The van der Waals surface area contributed by atoms with Gasteiger partial charge in [-0.1, -0.05) is 158 Å². The Morgan fingerprint density at radius 3 is 1.72 bits per heavy atom. The van der Waals surface area contributed by atoms with E-state index in [0.29, 0.717) is 11.4 Å². The largest absolute Gasteiger partial charge is 0.456 e. The Labute approximate surface area is 329 Å². The van der Waals surface area contributed by atoms with E-state index in [-0.39, 0.29) is 5.82 Å². The molecule has 11 rings (SSSR count). The Morgan fingerprint density at radius 2 is 0.982 bits per heavy atom. The lowest BCUT2D eigenvalue weighted by atomic mass is 9.67. The minimum Gasteiger partial charge on any atom is -0.456 e. The molecule has 1 aliphatic carbocycles. The lowest BCUT2D eigenvalue weighted by Crippen LogP contribution is -2.28. The predicted octanol–water partition coefficient (Wildman–Crippen LogP) is 13.5. The van der Waals surface area contributed by atoms with E-state index in [4.69, 9.17) is 14.4 Å². The van der Waals surface area contributed by atoms with Crippen LogP contribution in [0.3, 0.4) is 0 Å². The maximum atomic E-state index is 13.9. The zero-order chi connectivity index (χ0) is 37.9. The van der Waals surface area contributed by atoms with Crippen LogP contribution in [0.25, 0.3) is 78.1 Å². The number of hydrogen-bond donors (Lipinski definition) is 0. The van der Waals surface area contributed by atoms with E-state index in [1.807, 2.05) is 30.3 Å². The summed E-state index contributed by atoms with van der Waals surface area (Å²) in [6.45, 7) is 0. The van der Waals surface area contributed by atoms with Crippen LogP contribution in [0.1, 0.15) is 22.3 Å². The number of nitrogens with zero attached hydrogens (tertiary/aromatic N) is 2. The minimum atomic E-state index is -0.514. The molecule has 0 unspecified atom stereocenters. The molecule has 10 aromatic rings. The molecular formula is C53H33FN2O. The summed E-state index contributed by atoms with van der Waals surface area (Å²) < 4.78 is 19.9. The zero-order valence-electron chi connectivity index (χ0n) is 30.7. The number of rotatable bonds is 6. The summed E-state index contributed by atoms with van der Waals surface area (Å²) in [7, 11) is 0. The summed E-state index contributed by atoms with van der Waals surface area (Å²) in [6, 6.07) is 69.0. The van der Waals surface area contributed by atoms with Gasteiger partial charge in [-0.3, -0.25) is 0 Å². The molecule has 0 amide bonds. The highest BCUT2D eigenvalue weighted by atomic mass is 19.1. The molecule has 0 aliphatic heterocycles. The van der Waals surface area contributed by atoms with Crippen molar-refractivity contribution >= 4 is 21.9 Å². The van der Waals surface area contributed by atoms with Crippen molar-refractivity contribution in [1.82, 2.24) is 9.97 Å². The summed E-state index contributed by atoms with van der Waals surface area (Å²) in [5.74, 6) is 0.358. The lowest BCUT2D eigenvalue weighted by molar-refractivity contribution is 0.618. The Balaban J connectivity index is 1.05. The SMILES string of the molecule is Fc1ccc2c(c1)oc1ccc(-c3ccc(-c4cc(-c5ccc6c(c5)C(c5ccccc5)(c5ccccc5)c5ccccc5-6)nc(-c5ccccc5)n4)cc3)cc12. The Hall–Kier alpha value is -7.43. The lowest BCUT2D eigenvalue weighted by Gasteiger charge is -2.34. The molecule has 3 nitrogen and oxygen atoms in total. The molecule has 0 N–H and O–H groups in total. The average molecular weight is 733 g/mol. The van der Waals surface area contributed by atoms with Gasteiger partial charge in [-0.15, -0.1) is 0 Å². The molecule has 0 bridgehead atoms. The highest BCUT2D eigenvalue weighted by Gasteiger charge is 2.46. The van der Waals surface area contributed by atoms with Crippen LogP contribution < -0.4 is 0 Å². The third-order valence-electron chi connectivity index (χ3n) is 11.5.